The topological polar surface area (TPSA) is 156 Å². The van der Waals surface area contributed by atoms with Crippen LogP contribution >= 0.6 is 0 Å². The van der Waals surface area contributed by atoms with Gasteiger partial charge in [0.15, 0.2) is 0 Å². The van der Waals surface area contributed by atoms with Crippen LogP contribution in [0.4, 0.5) is 0 Å². The van der Waals surface area contributed by atoms with E-state index in [0.717, 1.165) is 25.5 Å². The van der Waals surface area contributed by atoms with Gasteiger partial charge in [-0.3, -0.25) is 14.4 Å². The van der Waals surface area contributed by atoms with Crippen molar-refractivity contribution >= 4 is 41.4 Å². The fourth-order valence-electron chi connectivity index (χ4n) is 4.39. The Labute approximate surface area is 239 Å². The highest BCUT2D eigenvalue weighted by atomic mass is 16.2. The van der Waals surface area contributed by atoms with Crippen LogP contribution in [0.15, 0.2) is 0 Å². The second kappa shape index (κ2) is 21.9. The normalized spacial score (nSPS) is 13.8. The van der Waals surface area contributed by atoms with E-state index in [1.54, 1.807) is 0 Å². The SMILES string of the molecule is CCCCCC(CC=O)NC(=O)CC(CCC(C)=O)NC(=O)CC(CCC(C)=O)NC(=O)CC(C)CCC(C)=O. The smallest absolute Gasteiger partial charge is 0.222 e. The van der Waals surface area contributed by atoms with E-state index in [1.807, 2.05) is 6.92 Å². The Balaban J connectivity index is 5.23. The molecule has 40 heavy (non-hydrogen) atoms. The molecule has 0 spiro atoms. The summed E-state index contributed by atoms with van der Waals surface area (Å²) in [5.41, 5.74) is 0. The molecule has 0 radical (unpaired) electrons. The summed E-state index contributed by atoms with van der Waals surface area (Å²) in [6, 6.07) is -1.45. The van der Waals surface area contributed by atoms with Gasteiger partial charge in [-0.05, 0) is 52.4 Å². The molecule has 10 heteroatoms. The van der Waals surface area contributed by atoms with Crippen LogP contribution in [0.5, 0.6) is 0 Å². The average Bonchev–Trinajstić information content (AvgIpc) is 2.84. The molecular weight excluding hydrogens is 514 g/mol. The molecular formula is C30H51N3O7. The maximum atomic E-state index is 13.0. The second-order valence-electron chi connectivity index (χ2n) is 11.1. The first-order chi connectivity index (χ1) is 18.9. The molecule has 3 amide bonds. The fraction of sp³-hybridized carbons (Fsp3) is 0.767. The van der Waals surface area contributed by atoms with Crippen LogP contribution in [0.3, 0.4) is 0 Å². The Morgan fingerprint density at radius 1 is 0.600 bits per heavy atom. The Bertz CT molecular complexity index is 843. The Hall–Kier alpha value is -2.91. The highest BCUT2D eigenvalue weighted by Gasteiger charge is 2.23. The van der Waals surface area contributed by atoms with Crippen LogP contribution in [-0.4, -0.2) is 59.5 Å². The van der Waals surface area contributed by atoms with Crippen LogP contribution in [-0.2, 0) is 33.6 Å². The van der Waals surface area contributed by atoms with Crippen molar-refractivity contribution in [1.82, 2.24) is 16.0 Å². The molecule has 4 atom stereocenters. The van der Waals surface area contributed by atoms with Crippen molar-refractivity contribution in [2.75, 3.05) is 0 Å². The molecule has 0 aliphatic rings. The minimum atomic E-state index is -0.598. The van der Waals surface area contributed by atoms with E-state index < -0.39 is 18.0 Å². The van der Waals surface area contributed by atoms with Crippen LogP contribution in [0.1, 0.15) is 125 Å². The molecule has 0 aromatic rings. The molecule has 0 aliphatic carbocycles. The Morgan fingerprint density at radius 2 is 1.02 bits per heavy atom. The van der Waals surface area contributed by atoms with Crippen molar-refractivity contribution in [3.05, 3.63) is 0 Å². The number of amides is 3. The first-order valence-electron chi connectivity index (χ1n) is 14.7. The molecule has 0 fully saturated rings. The van der Waals surface area contributed by atoms with Gasteiger partial charge < -0.3 is 35.1 Å². The van der Waals surface area contributed by atoms with Gasteiger partial charge in [0.05, 0.1) is 0 Å². The Morgan fingerprint density at radius 3 is 1.45 bits per heavy atom. The molecule has 0 saturated carbocycles. The number of ketones is 3. The highest BCUT2D eigenvalue weighted by Crippen LogP contribution is 2.13. The molecule has 0 aliphatic heterocycles. The van der Waals surface area contributed by atoms with Gasteiger partial charge in [-0.1, -0.05) is 33.1 Å². The van der Waals surface area contributed by atoms with Crippen molar-refractivity contribution in [3.63, 3.8) is 0 Å². The number of nitrogens with one attached hydrogen (secondary N) is 3. The van der Waals surface area contributed by atoms with Crippen molar-refractivity contribution < 1.29 is 33.6 Å². The van der Waals surface area contributed by atoms with Gasteiger partial charge in [-0.15, -0.1) is 0 Å². The lowest BCUT2D eigenvalue weighted by atomic mass is 9.99. The van der Waals surface area contributed by atoms with Gasteiger partial charge in [0.25, 0.3) is 0 Å². The standard InChI is InChI=1S/C30H51N3O7/c1-6-7-8-9-25(16-17-34)31-29(39)19-27(15-13-24(5)37)33-30(40)20-26(14-12-23(4)36)32-28(38)18-21(2)10-11-22(3)35/h17,21,25-27H,6-16,18-20H2,1-5H3,(H,31,39)(H,32,38)(H,33,40). The number of hydrogen-bond acceptors (Lipinski definition) is 7. The summed E-state index contributed by atoms with van der Waals surface area (Å²) < 4.78 is 0. The lowest BCUT2D eigenvalue weighted by Gasteiger charge is -2.23. The lowest BCUT2D eigenvalue weighted by molar-refractivity contribution is -0.126. The molecule has 0 rings (SSSR count). The first-order valence-corrected chi connectivity index (χ1v) is 14.7. The zero-order valence-corrected chi connectivity index (χ0v) is 25.1. The third-order valence-electron chi connectivity index (χ3n) is 6.71. The van der Waals surface area contributed by atoms with Gasteiger partial charge in [-0.25, -0.2) is 0 Å². The van der Waals surface area contributed by atoms with E-state index in [4.69, 9.17) is 0 Å². The van der Waals surface area contributed by atoms with E-state index >= 15 is 0 Å². The van der Waals surface area contributed by atoms with Crippen molar-refractivity contribution in [1.29, 1.82) is 0 Å². The molecule has 3 N–H and O–H groups in total. The Kier molecular flexibility index (Phi) is 20.3. The summed E-state index contributed by atoms with van der Waals surface area (Å²) in [5.74, 6) is -1.03. The van der Waals surface area contributed by atoms with Gasteiger partial charge in [0.2, 0.25) is 17.7 Å². The van der Waals surface area contributed by atoms with Crippen molar-refractivity contribution in [3.8, 4) is 0 Å². The maximum absolute atomic E-state index is 13.0. The second-order valence-corrected chi connectivity index (χ2v) is 11.1. The van der Waals surface area contributed by atoms with Gasteiger partial charge >= 0.3 is 0 Å². The third kappa shape index (κ3) is 21.0. The molecule has 10 nitrogen and oxygen atoms in total. The summed E-state index contributed by atoms with van der Waals surface area (Å²) in [6.45, 7) is 8.35. The van der Waals surface area contributed by atoms with Gasteiger partial charge in [0, 0.05) is 63.1 Å². The first kappa shape index (κ1) is 37.1. The summed E-state index contributed by atoms with van der Waals surface area (Å²) >= 11 is 0. The quantitative estimate of drug-likeness (QED) is 0.119. The zero-order chi connectivity index (χ0) is 30.5. The number of aldehydes is 1. The van der Waals surface area contributed by atoms with Crippen molar-refractivity contribution in [2.24, 2.45) is 5.92 Å². The predicted molar refractivity (Wildman–Crippen MR) is 153 cm³/mol. The van der Waals surface area contributed by atoms with Gasteiger partial charge in [-0.2, -0.15) is 0 Å². The number of Topliss-reactive ketones (excluding diaryl/α,β-unsaturated/α-hetero) is 3. The van der Waals surface area contributed by atoms with E-state index in [1.165, 1.54) is 20.8 Å². The molecule has 0 heterocycles. The fourth-order valence-corrected chi connectivity index (χ4v) is 4.39. The number of rotatable bonds is 24. The number of carbonyl (C=O) groups excluding carboxylic acids is 7. The number of unbranched alkanes of at least 4 members (excludes halogenated alkanes) is 2. The largest absolute Gasteiger partial charge is 0.353 e. The number of carbonyl (C=O) groups is 7. The summed E-state index contributed by atoms with van der Waals surface area (Å²) in [6.07, 6.45) is 6.63. The van der Waals surface area contributed by atoms with E-state index in [-0.39, 0.29) is 86.1 Å². The summed E-state index contributed by atoms with van der Waals surface area (Å²) in [7, 11) is 0. The molecule has 0 aromatic heterocycles. The lowest BCUT2D eigenvalue weighted by Crippen LogP contribution is -2.45. The predicted octanol–water partition coefficient (Wildman–Crippen LogP) is 3.52. The van der Waals surface area contributed by atoms with Crippen LogP contribution < -0.4 is 16.0 Å². The summed E-state index contributed by atoms with van der Waals surface area (Å²) in [5, 5.41) is 8.56. The van der Waals surface area contributed by atoms with Crippen LogP contribution in [0, 0.1) is 5.92 Å². The minimum absolute atomic E-state index is 0.00864. The molecule has 4 unspecified atom stereocenters. The number of hydrogen-bond donors (Lipinski definition) is 3. The van der Waals surface area contributed by atoms with Crippen molar-refractivity contribution in [2.45, 2.75) is 143 Å². The van der Waals surface area contributed by atoms with Gasteiger partial charge in [0.1, 0.15) is 23.6 Å². The zero-order valence-electron chi connectivity index (χ0n) is 25.1. The third-order valence-corrected chi connectivity index (χ3v) is 6.71. The molecule has 0 bridgehead atoms. The molecule has 0 saturated heterocycles. The average molecular weight is 566 g/mol. The molecule has 228 valence electrons. The van der Waals surface area contributed by atoms with E-state index in [9.17, 15) is 33.6 Å². The molecule has 0 aromatic carbocycles. The highest BCUT2D eigenvalue weighted by molar-refractivity contribution is 5.82. The minimum Gasteiger partial charge on any atom is -0.353 e. The van der Waals surface area contributed by atoms with E-state index in [2.05, 4.69) is 22.9 Å². The summed E-state index contributed by atoms with van der Waals surface area (Å²) in [4.78, 5) is 83.8. The van der Waals surface area contributed by atoms with E-state index in [0.29, 0.717) is 25.7 Å². The van der Waals surface area contributed by atoms with Crippen LogP contribution in [0.2, 0.25) is 0 Å². The monoisotopic (exact) mass is 565 g/mol. The van der Waals surface area contributed by atoms with Crippen LogP contribution in [0.25, 0.3) is 0 Å². The maximum Gasteiger partial charge on any atom is 0.222 e.